The van der Waals surface area contributed by atoms with Crippen molar-refractivity contribution in [2.24, 2.45) is 0 Å². The van der Waals surface area contributed by atoms with Gasteiger partial charge in [0.2, 0.25) is 11.8 Å². The third-order valence-corrected chi connectivity index (χ3v) is 6.13. The van der Waals surface area contributed by atoms with Crippen molar-refractivity contribution >= 4 is 40.0 Å². The molecule has 39 heavy (non-hydrogen) atoms. The smallest absolute Gasteiger partial charge is 0.280 e. The summed E-state index contributed by atoms with van der Waals surface area (Å²) < 4.78 is 12.5. The summed E-state index contributed by atoms with van der Waals surface area (Å²) in [6.45, 7) is 3.80. The first kappa shape index (κ1) is 27.7. The Balaban J connectivity index is 1.17. The first-order valence-corrected chi connectivity index (χ1v) is 13.0. The zero-order valence-electron chi connectivity index (χ0n) is 21.8. The Hall–Kier alpha value is -4.32. The summed E-state index contributed by atoms with van der Waals surface area (Å²) in [5.74, 6) is -0.269. The van der Waals surface area contributed by atoms with Gasteiger partial charge in [0, 0.05) is 44.5 Å². The standard InChI is InChI=1S/C27H32N6O6/c1-18(34)29-19-8-10-20(11-9-19)39-17-3-2-15-38-16-5-14-28-21-6-4-7-22-25(21)27(37)33(32-31-22)23-12-13-24(35)30-26(23)36/h4,6-11,23,28H,2-3,5,12-17H2,1H3,(H,29,34)(H,30,35,36). The Morgan fingerprint density at radius 3 is 2.59 bits per heavy atom. The topological polar surface area (TPSA) is 154 Å². The van der Waals surface area contributed by atoms with Gasteiger partial charge in [-0.1, -0.05) is 11.3 Å². The molecule has 0 saturated carbocycles. The SMILES string of the molecule is CC(=O)Nc1ccc(OCCCCOCCCNc2cccc3nnn(C4CCC(=O)NC4=O)c(=O)c23)cc1. The number of amides is 3. The molecule has 0 radical (unpaired) electrons. The molecule has 1 unspecified atom stereocenters. The lowest BCUT2D eigenvalue weighted by atomic mass is 10.1. The highest BCUT2D eigenvalue weighted by Gasteiger charge is 2.30. The van der Waals surface area contributed by atoms with Crippen LogP contribution in [0.1, 0.15) is 45.1 Å². The molecular formula is C27H32N6O6. The van der Waals surface area contributed by atoms with E-state index in [0.717, 1.165) is 35.4 Å². The van der Waals surface area contributed by atoms with Crippen LogP contribution in [0.2, 0.25) is 0 Å². The molecular weight excluding hydrogens is 504 g/mol. The lowest BCUT2D eigenvalue weighted by molar-refractivity contribution is -0.136. The minimum absolute atomic E-state index is 0.112. The third kappa shape index (κ3) is 7.60. The van der Waals surface area contributed by atoms with Gasteiger partial charge in [0.25, 0.3) is 11.5 Å². The number of anilines is 2. The maximum atomic E-state index is 13.2. The second kappa shape index (κ2) is 13.5. The van der Waals surface area contributed by atoms with E-state index < -0.39 is 17.5 Å². The number of nitrogens with one attached hydrogen (secondary N) is 3. The fourth-order valence-corrected chi connectivity index (χ4v) is 4.20. The second-order valence-electron chi connectivity index (χ2n) is 9.16. The van der Waals surface area contributed by atoms with Crippen molar-refractivity contribution in [2.75, 3.05) is 37.0 Å². The Morgan fingerprint density at radius 2 is 1.82 bits per heavy atom. The van der Waals surface area contributed by atoms with Gasteiger partial charge in [0.05, 0.1) is 12.0 Å². The van der Waals surface area contributed by atoms with Gasteiger partial charge in [-0.2, -0.15) is 4.68 Å². The largest absolute Gasteiger partial charge is 0.494 e. The van der Waals surface area contributed by atoms with Crippen molar-refractivity contribution in [3.05, 3.63) is 52.8 Å². The van der Waals surface area contributed by atoms with E-state index in [1.807, 2.05) is 12.1 Å². The number of unbranched alkanes of at least 4 members (excludes halogenated alkanes) is 1. The van der Waals surface area contributed by atoms with Crippen LogP contribution in [0.4, 0.5) is 11.4 Å². The molecule has 3 amide bonds. The van der Waals surface area contributed by atoms with Crippen LogP contribution < -0.4 is 26.2 Å². The molecule has 3 N–H and O–H groups in total. The van der Waals surface area contributed by atoms with Gasteiger partial charge in [-0.3, -0.25) is 24.5 Å². The van der Waals surface area contributed by atoms with E-state index >= 15 is 0 Å². The molecule has 0 spiro atoms. The summed E-state index contributed by atoms with van der Waals surface area (Å²) in [5, 5.41) is 16.6. The predicted octanol–water partition coefficient (Wildman–Crippen LogP) is 2.41. The van der Waals surface area contributed by atoms with E-state index in [1.54, 1.807) is 30.3 Å². The molecule has 1 aliphatic heterocycles. The molecule has 12 heteroatoms. The van der Waals surface area contributed by atoms with Gasteiger partial charge in [-0.15, -0.1) is 5.10 Å². The van der Waals surface area contributed by atoms with Gasteiger partial charge in [0.1, 0.15) is 17.3 Å². The van der Waals surface area contributed by atoms with Crippen molar-refractivity contribution in [3.63, 3.8) is 0 Å². The zero-order chi connectivity index (χ0) is 27.6. The highest BCUT2D eigenvalue weighted by atomic mass is 16.5. The van der Waals surface area contributed by atoms with Crippen LogP contribution in [-0.2, 0) is 19.1 Å². The summed E-state index contributed by atoms with van der Waals surface area (Å²) in [6.07, 6.45) is 2.79. The number of rotatable bonds is 13. The highest BCUT2D eigenvalue weighted by molar-refractivity contribution is 5.99. The average molecular weight is 537 g/mol. The van der Waals surface area contributed by atoms with Gasteiger partial charge in [0.15, 0.2) is 0 Å². The van der Waals surface area contributed by atoms with Crippen LogP contribution in [0.15, 0.2) is 47.3 Å². The van der Waals surface area contributed by atoms with Crippen LogP contribution >= 0.6 is 0 Å². The molecule has 2 heterocycles. The second-order valence-corrected chi connectivity index (χ2v) is 9.16. The Bertz CT molecular complexity index is 1370. The summed E-state index contributed by atoms with van der Waals surface area (Å²) >= 11 is 0. The van der Waals surface area contributed by atoms with Gasteiger partial charge >= 0.3 is 0 Å². The maximum Gasteiger partial charge on any atom is 0.280 e. The van der Waals surface area contributed by atoms with Crippen LogP contribution in [0, 0.1) is 0 Å². The number of hydrogen-bond acceptors (Lipinski definition) is 9. The molecule has 0 bridgehead atoms. The molecule has 1 aromatic heterocycles. The van der Waals surface area contributed by atoms with E-state index in [2.05, 4.69) is 26.3 Å². The normalized spacial score (nSPS) is 15.2. The quantitative estimate of drug-likeness (QED) is 0.221. The first-order valence-electron chi connectivity index (χ1n) is 13.0. The summed E-state index contributed by atoms with van der Waals surface area (Å²) in [6, 6.07) is 11.6. The molecule has 12 nitrogen and oxygen atoms in total. The van der Waals surface area contributed by atoms with Crippen molar-refractivity contribution in [1.29, 1.82) is 0 Å². The van der Waals surface area contributed by atoms with Crippen molar-refractivity contribution in [3.8, 4) is 5.75 Å². The average Bonchev–Trinajstić information content (AvgIpc) is 2.91. The molecule has 1 atom stereocenters. The van der Waals surface area contributed by atoms with Gasteiger partial charge in [-0.25, -0.2) is 0 Å². The number of hydrogen-bond donors (Lipinski definition) is 3. The monoisotopic (exact) mass is 536 g/mol. The number of carbonyl (C=O) groups is 3. The first-order chi connectivity index (χ1) is 18.9. The van der Waals surface area contributed by atoms with Crippen LogP contribution in [0.5, 0.6) is 5.75 Å². The molecule has 1 fully saturated rings. The van der Waals surface area contributed by atoms with E-state index in [4.69, 9.17) is 9.47 Å². The number of piperidine rings is 1. The van der Waals surface area contributed by atoms with Crippen molar-refractivity contribution < 1.29 is 23.9 Å². The molecule has 2 aromatic carbocycles. The van der Waals surface area contributed by atoms with E-state index in [0.29, 0.717) is 43.0 Å². The molecule has 3 aromatic rings. The molecule has 0 aliphatic carbocycles. The van der Waals surface area contributed by atoms with Crippen LogP contribution in [0.25, 0.3) is 10.9 Å². The number of carbonyl (C=O) groups excluding carboxylic acids is 3. The Morgan fingerprint density at radius 1 is 1.05 bits per heavy atom. The Kier molecular flexibility index (Phi) is 9.57. The van der Waals surface area contributed by atoms with E-state index in [1.165, 1.54) is 6.92 Å². The minimum Gasteiger partial charge on any atom is -0.494 e. The maximum absolute atomic E-state index is 13.2. The van der Waals surface area contributed by atoms with Crippen LogP contribution in [-0.4, -0.2) is 59.1 Å². The fourth-order valence-electron chi connectivity index (χ4n) is 4.20. The molecule has 1 saturated heterocycles. The zero-order valence-corrected chi connectivity index (χ0v) is 21.8. The lowest BCUT2D eigenvalue weighted by Crippen LogP contribution is -2.45. The number of imide groups is 1. The number of aromatic nitrogens is 3. The predicted molar refractivity (Wildman–Crippen MR) is 145 cm³/mol. The highest BCUT2D eigenvalue weighted by Crippen LogP contribution is 2.21. The summed E-state index contributed by atoms with van der Waals surface area (Å²) in [7, 11) is 0. The molecule has 1 aliphatic rings. The minimum atomic E-state index is -0.866. The third-order valence-electron chi connectivity index (χ3n) is 6.13. The van der Waals surface area contributed by atoms with E-state index in [9.17, 15) is 19.2 Å². The number of nitrogens with zero attached hydrogens (tertiary/aromatic N) is 3. The number of benzene rings is 2. The van der Waals surface area contributed by atoms with Crippen molar-refractivity contribution in [2.45, 2.75) is 45.1 Å². The fraction of sp³-hybridized carbons (Fsp3) is 0.407. The number of fused-ring (bicyclic) bond motifs is 1. The lowest BCUT2D eigenvalue weighted by Gasteiger charge is -2.21. The summed E-state index contributed by atoms with van der Waals surface area (Å²) in [4.78, 5) is 47.9. The Labute approximate surface area is 225 Å². The van der Waals surface area contributed by atoms with Crippen molar-refractivity contribution in [1.82, 2.24) is 20.3 Å². The van der Waals surface area contributed by atoms with Crippen LogP contribution in [0.3, 0.4) is 0 Å². The molecule has 206 valence electrons. The van der Waals surface area contributed by atoms with E-state index in [-0.39, 0.29) is 24.7 Å². The van der Waals surface area contributed by atoms with Gasteiger partial charge < -0.3 is 20.1 Å². The number of ether oxygens (including phenoxy) is 2. The van der Waals surface area contributed by atoms with Gasteiger partial charge in [-0.05, 0) is 62.1 Å². The molecule has 4 rings (SSSR count). The summed E-state index contributed by atoms with van der Waals surface area (Å²) in [5.41, 5.74) is 1.34.